The molecular weight excluding hydrogens is 264 g/mol. The second-order valence-electron chi connectivity index (χ2n) is 5.26. The van der Waals surface area contributed by atoms with Crippen LogP contribution in [0.25, 0.3) is 6.08 Å². The molecule has 1 rings (SSSR count). The summed E-state index contributed by atoms with van der Waals surface area (Å²) in [6, 6.07) is -0.923. The summed E-state index contributed by atoms with van der Waals surface area (Å²) in [5, 5.41) is 12.5. The number of rotatable bonds is 4. The molecule has 0 aliphatic heterocycles. The lowest BCUT2D eigenvalue weighted by atomic mass is 9.87. The first-order valence-corrected chi connectivity index (χ1v) is 6.65. The lowest BCUT2D eigenvalue weighted by molar-refractivity contribution is -0.144. The summed E-state index contributed by atoms with van der Waals surface area (Å²) in [4.78, 5) is 27.7. The lowest BCUT2D eigenvalue weighted by Gasteiger charge is -2.27. The molecule has 5 nitrogen and oxygen atoms in total. The van der Waals surface area contributed by atoms with Gasteiger partial charge in [0.2, 0.25) is 5.91 Å². The number of nitrogens with zero attached hydrogens (tertiary/aromatic N) is 1. The standard InChI is InChI=1S/C13H18N2O3S/c1-8-14-7-9(19-8)5-6-10(16)15-11(12(17)18)13(2,3)4/h5-7,11H,1-4H3,(H,15,16)(H,17,18)/t11-/m1/s1. The second-order valence-corrected chi connectivity index (χ2v) is 6.53. The number of thiazole rings is 1. The number of aromatic nitrogens is 1. The van der Waals surface area contributed by atoms with E-state index in [2.05, 4.69) is 10.3 Å². The summed E-state index contributed by atoms with van der Waals surface area (Å²) in [5.41, 5.74) is -0.545. The zero-order valence-electron chi connectivity index (χ0n) is 11.4. The third-order valence-electron chi connectivity index (χ3n) is 2.44. The van der Waals surface area contributed by atoms with Gasteiger partial charge in [-0.05, 0) is 18.4 Å². The quantitative estimate of drug-likeness (QED) is 0.829. The van der Waals surface area contributed by atoms with E-state index in [0.717, 1.165) is 9.88 Å². The minimum atomic E-state index is -1.04. The molecular formula is C13H18N2O3S. The van der Waals surface area contributed by atoms with Gasteiger partial charge >= 0.3 is 5.97 Å². The number of carbonyl (C=O) groups excluding carboxylic acids is 1. The Labute approximate surface area is 116 Å². The number of carboxylic acid groups (broad SMARTS) is 1. The van der Waals surface area contributed by atoms with Crippen LogP contribution in [0.2, 0.25) is 0 Å². The molecule has 0 aromatic carbocycles. The monoisotopic (exact) mass is 282 g/mol. The Hall–Kier alpha value is -1.69. The van der Waals surface area contributed by atoms with Gasteiger partial charge in [0.15, 0.2) is 0 Å². The highest BCUT2D eigenvalue weighted by molar-refractivity contribution is 7.12. The van der Waals surface area contributed by atoms with E-state index < -0.39 is 23.3 Å². The molecule has 1 aromatic heterocycles. The van der Waals surface area contributed by atoms with Crippen molar-refractivity contribution in [3.8, 4) is 0 Å². The minimum absolute atomic E-state index is 0.423. The van der Waals surface area contributed by atoms with Gasteiger partial charge in [0.25, 0.3) is 0 Å². The van der Waals surface area contributed by atoms with Crippen LogP contribution in [0, 0.1) is 12.3 Å². The molecule has 0 fully saturated rings. The van der Waals surface area contributed by atoms with Gasteiger partial charge in [-0.2, -0.15) is 0 Å². The van der Waals surface area contributed by atoms with Crippen LogP contribution in [0.3, 0.4) is 0 Å². The number of nitrogens with one attached hydrogen (secondary N) is 1. The fourth-order valence-corrected chi connectivity index (χ4v) is 2.14. The SMILES string of the molecule is Cc1ncc(C=CC(=O)N[C@H](C(=O)O)C(C)(C)C)s1. The van der Waals surface area contributed by atoms with E-state index >= 15 is 0 Å². The number of carboxylic acids is 1. The minimum Gasteiger partial charge on any atom is -0.480 e. The molecule has 6 heteroatoms. The van der Waals surface area contributed by atoms with Crippen LogP contribution in [-0.2, 0) is 9.59 Å². The first-order chi connectivity index (χ1) is 8.70. The van der Waals surface area contributed by atoms with E-state index in [0.29, 0.717) is 0 Å². The summed E-state index contributed by atoms with van der Waals surface area (Å²) in [7, 11) is 0. The van der Waals surface area contributed by atoms with Crippen molar-refractivity contribution in [2.45, 2.75) is 33.7 Å². The maximum Gasteiger partial charge on any atom is 0.326 e. The van der Waals surface area contributed by atoms with Gasteiger partial charge in [0.1, 0.15) is 6.04 Å². The summed E-state index contributed by atoms with van der Waals surface area (Å²) < 4.78 is 0. The molecule has 1 amide bonds. The maximum atomic E-state index is 11.7. The third-order valence-corrected chi connectivity index (χ3v) is 3.32. The molecule has 104 valence electrons. The fraction of sp³-hybridized carbons (Fsp3) is 0.462. The van der Waals surface area contributed by atoms with Gasteiger partial charge in [0, 0.05) is 17.2 Å². The zero-order valence-corrected chi connectivity index (χ0v) is 12.2. The Morgan fingerprint density at radius 2 is 2.11 bits per heavy atom. The molecule has 1 atom stereocenters. The van der Waals surface area contributed by atoms with Crippen molar-refractivity contribution in [2.24, 2.45) is 5.41 Å². The molecule has 0 saturated heterocycles. The van der Waals surface area contributed by atoms with Crippen molar-refractivity contribution in [1.82, 2.24) is 10.3 Å². The molecule has 0 bridgehead atoms. The van der Waals surface area contributed by atoms with Crippen molar-refractivity contribution in [2.75, 3.05) is 0 Å². The van der Waals surface area contributed by atoms with Crippen LogP contribution in [0.4, 0.5) is 0 Å². The number of aliphatic carboxylic acids is 1. The Kier molecular flexibility index (Phi) is 4.83. The topological polar surface area (TPSA) is 79.3 Å². The van der Waals surface area contributed by atoms with Gasteiger partial charge in [-0.3, -0.25) is 4.79 Å². The number of hydrogen-bond acceptors (Lipinski definition) is 4. The van der Waals surface area contributed by atoms with Gasteiger partial charge in [-0.15, -0.1) is 11.3 Å². The molecule has 0 aliphatic rings. The molecule has 0 aliphatic carbocycles. The summed E-state index contributed by atoms with van der Waals surface area (Å²) >= 11 is 1.47. The zero-order chi connectivity index (χ0) is 14.6. The predicted molar refractivity (Wildman–Crippen MR) is 74.9 cm³/mol. The number of carbonyl (C=O) groups is 2. The normalized spacial score (nSPS) is 13.5. The molecule has 19 heavy (non-hydrogen) atoms. The van der Waals surface area contributed by atoms with Crippen LogP contribution in [0.1, 0.15) is 30.7 Å². The molecule has 1 heterocycles. The van der Waals surface area contributed by atoms with E-state index in [1.165, 1.54) is 17.4 Å². The Bertz CT molecular complexity index is 500. The summed E-state index contributed by atoms with van der Waals surface area (Å²) in [6.45, 7) is 7.18. The van der Waals surface area contributed by atoms with Crippen LogP contribution >= 0.6 is 11.3 Å². The van der Waals surface area contributed by atoms with Crippen LogP contribution in [0.15, 0.2) is 12.3 Å². The number of hydrogen-bond donors (Lipinski definition) is 2. The molecule has 0 saturated carbocycles. The summed E-state index contributed by atoms with van der Waals surface area (Å²) in [5.74, 6) is -1.46. The van der Waals surface area contributed by atoms with Crippen molar-refractivity contribution in [3.05, 3.63) is 22.2 Å². The van der Waals surface area contributed by atoms with Crippen LogP contribution in [0.5, 0.6) is 0 Å². The van der Waals surface area contributed by atoms with Gasteiger partial charge in [-0.25, -0.2) is 9.78 Å². The molecule has 0 unspecified atom stereocenters. The van der Waals surface area contributed by atoms with Gasteiger partial charge < -0.3 is 10.4 Å². The highest BCUT2D eigenvalue weighted by Gasteiger charge is 2.31. The molecule has 2 N–H and O–H groups in total. The maximum absolute atomic E-state index is 11.7. The smallest absolute Gasteiger partial charge is 0.326 e. The van der Waals surface area contributed by atoms with Gasteiger partial charge in [0.05, 0.1) is 5.01 Å². The van der Waals surface area contributed by atoms with Crippen molar-refractivity contribution < 1.29 is 14.7 Å². The van der Waals surface area contributed by atoms with Gasteiger partial charge in [-0.1, -0.05) is 20.8 Å². The first kappa shape index (κ1) is 15.4. The van der Waals surface area contributed by atoms with Crippen molar-refractivity contribution in [1.29, 1.82) is 0 Å². The number of aryl methyl sites for hydroxylation is 1. The fourth-order valence-electron chi connectivity index (χ4n) is 1.45. The van der Waals surface area contributed by atoms with Crippen molar-refractivity contribution in [3.63, 3.8) is 0 Å². The highest BCUT2D eigenvalue weighted by atomic mass is 32.1. The van der Waals surface area contributed by atoms with Crippen molar-refractivity contribution >= 4 is 29.3 Å². The van der Waals surface area contributed by atoms with E-state index in [-0.39, 0.29) is 0 Å². The molecule has 0 radical (unpaired) electrons. The van der Waals surface area contributed by atoms with E-state index in [9.17, 15) is 9.59 Å². The molecule has 1 aromatic rings. The predicted octanol–water partition coefficient (Wildman–Crippen LogP) is 2.08. The summed E-state index contributed by atoms with van der Waals surface area (Å²) in [6.07, 6.45) is 4.62. The van der Waals surface area contributed by atoms with Crippen LogP contribution in [-0.4, -0.2) is 28.0 Å². The van der Waals surface area contributed by atoms with E-state index in [1.807, 2.05) is 6.92 Å². The van der Waals surface area contributed by atoms with E-state index in [4.69, 9.17) is 5.11 Å². The number of amides is 1. The molecule has 0 spiro atoms. The Morgan fingerprint density at radius 1 is 1.47 bits per heavy atom. The van der Waals surface area contributed by atoms with Crippen LogP contribution < -0.4 is 5.32 Å². The highest BCUT2D eigenvalue weighted by Crippen LogP contribution is 2.19. The Balaban J connectivity index is 2.68. The average molecular weight is 282 g/mol. The van der Waals surface area contributed by atoms with E-state index in [1.54, 1.807) is 33.0 Å². The lowest BCUT2D eigenvalue weighted by Crippen LogP contribution is -2.48. The average Bonchev–Trinajstić information content (AvgIpc) is 2.67. The first-order valence-electron chi connectivity index (χ1n) is 5.84. The third kappa shape index (κ3) is 4.82. The second kappa shape index (κ2) is 5.97. The Morgan fingerprint density at radius 3 is 2.53 bits per heavy atom. The largest absolute Gasteiger partial charge is 0.480 e.